The Labute approximate surface area is 203 Å². The van der Waals surface area contributed by atoms with Crippen molar-refractivity contribution in [2.45, 2.75) is 51.7 Å². The molecule has 2 fully saturated rings. The van der Waals surface area contributed by atoms with Gasteiger partial charge in [-0.3, -0.25) is 14.5 Å². The normalized spacial score (nSPS) is 20.7. The average Bonchev–Trinajstić information content (AvgIpc) is 2.85. The van der Waals surface area contributed by atoms with Gasteiger partial charge in [-0.25, -0.2) is 13.9 Å². The molecule has 34 heavy (non-hydrogen) atoms. The number of benzene rings is 1. The summed E-state index contributed by atoms with van der Waals surface area (Å²) >= 11 is 0. The SMILES string of the molecule is CCC1CN(c2ncc(N(C)P=O)cc2O)CCN1C1CCN(Cc2ccc(C)cc2F)CC1. The Hall–Kier alpha value is -2.28. The summed E-state index contributed by atoms with van der Waals surface area (Å²) in [4.78, 5) is 11.6. The first-order valence-electron chi connectivity index (χ1n) is 12.1. The van der Waals surface area contributed by atoms with E-state index in [1.54, 1.807) is 25.4 Å². The summed E-state index contributed by atoms with van der Waals surface area (Å²) in [6.07, 6.45) is 4.85. The molecule has 184 valence electrons. The van der Waals surface area contributed by atoms with Gasteiger partial charge in [0.15, 0.2) is 11.6 Å². The number of halogens is 1. The molecule has 4 rings (SSSR count). The molecule has 0 bridgehead atoms. The lowest BCUT2D eigenvalue weighted by Gasteiger charge is -2.47. The van der Waals surface area contributed by atoms with Gasteiger partial charge in [0.2, 0.25) is 0 Å². The summed E-state index contributed by atoms with van der Waals surface area (Å²) in [5.74, 6) is 0.606. The highest BCUT2D eigenvalue weighted by Crippen LogP contribution is 2.33. The second-order valence-electron chi connectivity index (χ2n) is 9.49. The number of hydrogen-bond donors (Lipinski definition) is 1. The molecule has 7 nitrogen and oxygen atoms in total. The van der Waals surface area contributed by atoms with Crippen LogP contribution in [-0.4, -0.2) is 71.7 Å². The van der Waals surface area contributed by atoms with Crippen molar-refractivity contribution in [3.05, 3.63) is 47.4 Å². The van der Waals surface area contributed by atoms with E-state index in [9.17, 15) is 14.1 Å². The third-order valence-corrected chi connectivity index (χ3v) is 7.73. The van der Waals surface area contributed by atoms with E-state index in [0.717, 1.165) is 63.1 Å². The second kappa shape index (κ2) is 11.0. The zero-order valence-electron chi connectivity index (χ0n) is 20.3. The molecule has 0 aliphatic carbocycles. The summed E-state index contributed by atoms with van der Waals surface area (Å²) in [5, 5.41) is 10.6. The first kappa shape index (κ1) is 24.8. The number of piperazine rings is 1. The summed E-state index contributed by atoms with van der Waals surface area (Å²) in [7, 11) is 1.54. The van der Waals surface area contributed by atoms with E-state index in [1.807, 2.05) is 19.1 Å². The number of rotatable bonds is 7. The Kier molecular flexibility index (Phi) is 8.02. The number of aromatic nitrogens is 1. The lowest BCUT2D eigenvalue weighted by Crippen LogP contribution is -2.58. The van der Waals surface area contributed by atoms with Gasteiger partial charge in [0, 0.05) is 56.9 Å². The van der Waals surface area contributed by atoms with Gasteiger partial charge in [-0.15, -0.1) is 0 Å². The minimum absolute atomic E-state index is 0.103. The van der Waals surface area contributed by atoms with Crippen molar-refractivity contribution < 1.29 is 14.1 Å². The highest BCUT2D eigenvalue weighted by Gasteiger charge is 2.34. The minimum Gasteiger partial charge on any atom is -0.504 e. The number of nitrogens with zero attached hydrogens (tertiary/aromatic N) is 5. The molecule has 2 aliphatic rings. The molecule has 1 unspecified atom stereocenters. The zero-order valence-corrected chi connectivity index (χ0v) is 21.2. The van der Waals surface area contributed by atoms with Crippen molar-refractivity contribution >= 4 is 20.1 Å². The fraction of sp³-hybridized carbons (Fsp3) is 0.560. The Morgan fingerprint density at radius 1 is 1.21 bits per heavy atom. The lowest BCUT2D eigenvalue weighted by molar-refractivity contribution is 0.0606. The maximum absolute atomic E-state index is 14.3. The largest absolute Gasteiger partial charge is 0.504 e. The van der Waals surface area contributed by atoms with Gasteiger partial charge >= 0.3 is 0 Å². The van der Waals surface area contributed by atoms with E-state index in [2.05, 4.69) is 26.6 Å². The molecule has 3 heterocycles. The van der Waals surface area contributed by atoms with E-state index in [0.29, 0.717) is 30.1 Å². The van der Waals surface area contributed by atoms with Crippen molar-refractivity contribution in [2.24, 2.45) is 0 Å². The Bertz CT molecular complexity index is 1000. The van der Waals surface area contributed by atoms with E-state index < -0.39 is 0 Å². The smallest absolute Gasteiger partial charge is 0.281 e. The van der Waals surface area contributed by atoms with E-state index in [4.69, 9.17) is 0 Å². The van der Waals surface area contributed by atoms with Crippen LogP contribution in [-0.2, 0) is 11.1 Å². The number of hydrogen-bond acceptors (Lipinski definition) is 6. The van der Waals surface area contributed by atoms with Crippen molar-refractivity contribution in [2.75, 3.05) is 49.3 Å². The van der Waals surface area contributed by atoms with E-state index >= 15 is 0 Å². The molecular weight excluding hydrogens is 452 g/mol. The molecule has 2 saturated heterocycles. The van der Waals surface area contributed by atoms with Gasteiger partial charge in [0.1, 0.15) is 5.82 Å². The van der Waals surface area contributed by atoms with Crippen molar-refractivity contribution in [3.8, 4) is 5.75 Å². The van der Waals surface area contributed by atoms with Crippen LogP contribution < -0.4 is 9.57 Å². The number of pyridine rings is 1. The second-order valence-corrected chi connectivity index (χ2v) is 10.3. The van der Waals surface area contributed by atoms with Crippen LogP contribution in [0.4, 0.5) is 15.9 Å². The van der Waals surface area contributed by atoms with Crippen LogP contribution in [0.3, 0.4) is 0 Å². The Morgan fingerprint density at radius 2 is 1.97 bits per heavy atom. The first-order chi connectivity index (χ1) is 16.4. The molecule has 9 heteroatoms. The predicted molar refractivity (Wildman–Crippen MR) is 134 cm³/mol. The molecule has 1 aromatic carbocycles. The number of likely N-dealkylation sites (tertiary alicyclic amines) is 1. The predicted octanol–water partition coefficient (Wildman–Crippen LogP) is 4.44. The van der Waals surface area contributed by atoms with Crippen LogP contribution in [0.5, 0.6) is 5.75 Å². The van der Waals surface area contributed by atoms with Crippen molar-refractivity contribution in [1.82, 2.24) is 14.8 Å². The zero-order chi connectivity index (χ0) is 24.2. The highest BCUT2D eigenvalue weighted by atomic mass is 31.1. The van der Waals surface area contributed by atoms with Crippen LogP contribution >= 0.6 is 8.61 Å². The van der Waals surface area contributed by atoms with E-state index in [-0.39, 0.29) is 20.2 Å². The lowest BCUT2D eigenvalue weighted by atomic mass is 9.97. The van der Waals surface area contributed by atoms with Crippen LogP contribution in [0, 0.1) is 12.7 Å². The molecule has 2 aliphatic heterocycles. The highest BCUT2D eigenvalue weighted by molar-refractivity contribution is 7.26. The Morgan fingerprint density at radius 3 is 2.62 bits per heavy atom. The topological polar surface area (TPSA) is 63.2 Å². The van der Waals surface area contributed by atoms with Gasteiger partial charge in [-0.05, 0) is 50.9 Å². The number of aromatic hydroxyl groups is 1. The number of aryl methyl sites for hydroxylation is 1. The molecule has 0 radical (unpaired) electrons. The fourth-order valence-corrected chi connectivity index (χ4v) is 5.44. The summed E-state index contributed by atoms with van der Waals surface area (Å²) < 4.78 is 26.9. The molecule has 1 N–H and O–H groups in total. The molecule has 1 aromatic heterocycles. The van der Waals surface area contributed by atoms with Gasteiger partial charge < -0.3 is 10.0 Å². The average molecular weight is 488 g/mol. The molecular formula is C25H35FN5O2P. The molecule has 2 aromatic rings. The summed E-state index contributed by atoms with van der Waals surface area (Å²) in [6, 6.07) is 8.06. The summed E-state index contributed by atoms with van der Waals surface area (Å²) in [5.41, 5.74) is 2.35. The van der Waals surface area contributed by atoms with E-state index in [1.165, 1.54) is 4.67 Å². The number of piperidine rings is 1. The van der Waals surface area contributed by atoms with Crippen LogP contribution in [0.1, 0.15) is 37.3 Å². The molecule has 1 atom stereocenters. The number of anilines is 2. The van der Waals surface area contributed by atoms with Gasteiger partial charge in [-0.1, -0.05) is 19.1 Å². The Balaban J connectivity index is 1.34. The monoisotopic (exact) mass is 487 g/mol. The molecule has 0 saturated carbocycles. The molecule has 0 amide bonds. The maximum Gasteiger partial charge on any atom is 0.281 e. The van der Waals surface area contributed by atoms with Crippen LogP contribution in [0.25, 0.3) is 0 Å². The maximum atomic E-state index is 14.3. The third kappa shape index (κ3) is 5.51. The quantitative estimate of drug-likeness (QED) is 0.580. The fourth-order valence-electron chi connectivity index (χ4n) is 5.24. The van der Waals surface area contributed by atoms with Gasteiger partial charge in [-0.2, -0.15) is 0 Å². The summed E-state index contributed by atoms with van der Waals surface area (Å²) in [6.45, 7) is 9.32. The van der Waals surface area contributed by atoms with Crippen LogP contribution in [0.2, 0.25) is 0 Å². The van der Waals surface area contributed by atoms with Crippen molar-refractivity contribution in [1.29, 1.82) is 0 Å². The first-order valence-corrected chi connectivity index (χ1v) is 12.9. The van der Waals surface area contributed by atoms with Gasteiger partial charge in [0.05, 0.1) is 11.9 Å². The minimum atomic E-state index is -0.140. The van der Waals surface area contributed by atoms with Crippen molar-refractivity contribution in [3.63, 3.8) is 0 Å². The van der Waals surface area contributed by atoms with Crippen LogP contribution in [0.15, 0.2) is 30.5 Å². The molecule has 0 spiro atoms. The van der Waals surface area contributed by atoms with Gasteiger partial charge in [0.25, 0.3) is 8.61 Å². The standard InChI is InChI=1S/C25H35FN5O2P/c1-4-20-17-30(25-24(32)14-22(15-27-25)28(3)34-33)11-12-31(20)21-7-9-29(10-8-21)16-19-6-5-18(2)13-23(19)26/h5-6,13-15,20-21,32H,4,7-12,16-17H2,1-3H3. The third-order valence-electron chi connectivity index (χ3n) is 7.26.